The molecule has 138 valence electrons. The number of amides is 2. The van der Waals surface area contributed by atoms with Gasteiger partial charge in [0.2, 0.25) is 11.8 Å². The lowest BCUT2D eigenvalue weighted by atomic mass is 9.98. The van der Waals surface area contributed by atoms with Crippen molar-refractivity contribution >= 4 is 23.4 Å². The average molecular weight is 376 g/mol. The standard InChI is InChI=1S/C19H22ClN3O3/c1-13(24)21-11-18(25)23-8-2-3-15(12-23)19-22-10-17(26-19)9-14-4-6-16(20)7-5-14/h4-7,10,15H,2-3,8-9,11-12H2,1H3,(H,21,24). The van der Waals surface area contributed by atoms with Crippen molar-refractivity contribution in [3.63, 3.8) is 0 Å². The van der Waals surface area contributed by atoms with Crippen LogP contribution in [-0.4, -0.2) is 41.3 Å². The molecule has 2 amide bonds. The molecular weight excluding hydrogens is 354 g/mol. The Morgan fingerprint density at radius 3 is 2.85 bits per heavy atom. The number of piperidine rings is 1. The van der Waals surface area contributed by atoms with Gasteiger partial charge in [-0.05, 0) is 30.5 Å². The summed E-state index contributed by atoms with van der Waals surface area (Å²) < 4.78 is 5.93. The first-order valence-electron chi connectivity index (χ1n) is 8.72. The lowest BCUT2D eigenvalue weighted by Crippen LogP contribution is -2.44. The van der Waals surface area contributed by atoms with Gasteiger partial charge in [0, 0.05) is 31.5 Å². The first-order valence-corrected chi connectivity index (χ1v) is 9.10. The molecule has 3 rings (SSSR count). The molecular formula is C19H22ClN3O3. The van der Waals surface area contributed by atoms with E-state index >= 15 is 0 Å². The fourth-order valence-electron chi connectivity index (χ4n) is 3.11. The monoisotopic (exact) mass is 375 g/mol. The zero-order valence-corrected chi connectivity index (χ0v) is 15.5. The van der Waals surface area contributed by atoms with Crippen LogP contribution in [0, 0.1) is 0 Å². The molecule has 1 fully saturated rings. The summed E-state index contributed by atoms with van der Waals surface area (Å²) in [6, 6.07) is 7.64. The largest absolute Gasteiger partial charge is 0.445 e. The Balaban J connectivity index is 1.60. The van der Waals surface area contributed by atoms with Crippen molar-refractivity contribution in [3.8, 4) is 0 Å². The molecule has 1 unspecified atom stereocenters. The number of likely N-dealkylation sites (tertiary alicyclic amines) is 1. The highest BCUT2D eigenvalue weighted by atomic mass is 35.5. The number of carbonyl (C=O) groups is 2. The van der Waals surface area contributed by atoms with Gasteiger partial charge in [-0.2, -0.15) is 0 Å². The number of halogens is 1. The molecule has 2 aromatic rings. The van der Waals surface area contributed by atoms with E-state index < -0.39 is 0 Å². The van der Waals surface area contributed by atoms with Gasteiger partial charge in [-0.1, -0.05) is 23.7 Å². The molecule has 1 N–H and O–H groups in total. The zero-order valence-electron chi connectivity index (χ0n) is 14.7. The van der Waals surface area contributed by atoms with Crippen LogP contribution < -0.4 is 5.32 Å². The summed E-state index contributed by atoms with van der Waals surface area (Å²) in [4.78, 5) is 29.4. The topological polar surface area (TPSA) is 75.4 Å². The van der Waals surface area contributed by atoms with E-state index in [9.17, 15) is 9.59 Å². The van der Waals surface area contributed by atoms with Crippen molar-refractivity contribution in [2.75, 3.05) is 19.6 Å². The van der Waals surface area contributed by atoms with Crippen LogP contribution in [0.25, 0.3) is 0 Å². The van der Waals surface area contributed by atoms with E-state index in [2.05, 4.69) is 10.3 Å². The third-order valence-electron chi connectivity index (χ3n) is 4.47. The van der Waals surface area contributed by atoms with Crippen molar-refractivity contribution in [3.05, 3.63) is 52.7 Å². The Bertz CT molecular complexity index is 773. The van der Waals surface area contributed by atoms with Gasteiger partial charge in [0.15, 0.2) is 5.89 Å². The highest BCUT2D eigenvalue weighted by molar-refractivity contribution is 6.30. The third-order valence-corrected chi connectivity index (χ3v) is 4.73. The molecule has 0 aliphatic carbocycles. The molecule has 7 heteroatoms. The van der Waals surface area contributed by atoms with Crippen molar-refractivity contribution in [1.29, 1.82) is 0 Å². The van der Waals surface area contributed by atoms with Crippen LogP contribution in [0.2, 0.25) is 5.02 Å². The fraction of sp³-hybridized carbons (Fsp3) is 0.421. The van der Waals surface area contributed by atoms with Crippen LogP contribution in [0.15, 0.2) is 34.9 Å². The van der Waals surface area contributed by atoms with E-state index in [0.717, 1.165) is 24.2 Å². The second-order valence-corrected chi connectivity index (χ2v) is 6.99. The molecule has 1 aliphatic heterocycles. The summed E-state index contributed by atoms with van der Waals surface area (Å²) in [6.45, 7) is 2.71. The minimum atomic E-state index is -0.202. The van der Waals surface area contributed by atoms with Gasteiger partial charge >= 0.3 is 0 Å². The normalized spacial score (nSPS) is 17.2. The summed E-state index contributed by atoms with van der Waals surface area (Å²) in [5.41, 5.74) is 1.10. The maximum atomic E-state index is 12.2. The molecule has 1 aromatic carbocycles. The molecule has 2 heterocycles. The number of nitrogens with zero attached hydrogens (tertiary/aromatic N) is 2. The van der Waals surface area contributed by atoms with E-state index in [1.807, 2.05) is 24.3 Å². The lowest BCUT2D eigenvalue weighted by Gasteiger charge is -2.31. The van der Waals surface area contributed by atoms with E-state index in [1.165, 1.54) is 6.92 Å². The van der Waals surface area contributed by atoms with Gasteiger partial charge in [-0.3, -0.25) is 9.59 Å². The highest BCUT2D eigenvalue weighted by Crippen LogP contribution is 2.27. The van der Waals surface area contributed by atoms with Crippen LogP contribution in [0.5, 0.6) is 0 Å². The maximum Gasteiger partial charge on any atom is 0.241 e. The summed E-state index contributed by atoms with van der Waals surface area (Å²) in [6.07, 6.45) is 4.24. The third kappa shape index (κ3) is 4.85. The van der Waals surface area contributed by atoms with E-state index in [1.54, 1.807) is 11.1 Å². The second kappa shape index (κ2) is 8.36. The van der Waals surface area contributed by atoms with Crippen molar-refractivity contribution in [2.45, 2.75) is 32.1 Å². The Morgan fingerprint density at radius 1 is 1.35 bits per heavy atom. The second-order valence-electron chi connectivity index (χ2n) is 6.56. The number of nitrogens with one attached hydrogen (secondary N) is 1. The molecule has 26 heavy (non-hydrogen) atoms. The number of benzene rings is 1. The minimum Gasteiger partial charge on any atom is -0.445 e. The zero-order chi connectivity index (χ0) is 18.5. The molecule has 0 bridgehead atoms. The van der Waals surface area contributed by atoms with E-state index in [-0.39, 0.29) is 24.3 Å². The van der Waals surface area contributed by atoms with Crippen LogP contribution in [0.4, 0.5) is 0 Å². The smallest absolute Gasteiger partial charge is 0.241 e. The Hall–Kier alpha value is -2.34. The Morgan fingerprint density at radius 2 is 2.12 bits per heavy atom. The van der Waals surface area contributed by atoms with E-state index in [0.29, 0.717) is 30.4 Å². The number of oxazole rings is 1. The van der Waals surface area contributed by atoms with Gasteiger partial charge in [0.05, 0.1) is 18.7 Å². The Kier molecular flexibility index (Phi) is 5.93. The summed E-state index contributed by atoms with van der Waals surface area (Å²) >= 11 is 5.91. The average Bonchev–Trinajstić information content (AvgIpc) is 3.10. The van der Waals surface area contributed by atoms with Gasteiger partial charge in [-0.15, -0.1) is 0 Å². The number of rotatable bonds is 5. The molecule has 0 radical (unpaired) electrons. The first-order chi connectivity index (χ1) is 12.5. The minimum absolute atomic E-state index is 0.0372. The number of aromatic nitrogens is 1. The molecule has 1 saturated heterocycles. The van der Waals surface area contributed by atoms with Gasteiger partial charge < -0.3 is 14.6 Å². The van der Waals surface area contributed by atoms with Crippen LogP contribution in [0.1, 0.15) is 42.9 Å². The first kappa shape index (κ1) is 18.5. The number of carbonyl (C=O) groups excluding carboxylic acids is 2. The van der Waals surface area contributed by atoms with Crippen LogP contribution >= 0.6 is 11.6 Å². The van der Waals surface area contributed by atoms with Crippen LogP contribution in [0.3, 0.4) is 0 Å². The lowest BCUT2D eigenvalue weighted by molar-refractivity contribution is -0.133. The Labute approximate surface area is 157 Å². The van der Waals surface area contributed by atoms with Crippen molar-refractivity contribution in [1.82, 2.24) is 15.2 Å². The predicted octanol–water partition coefficient (Wildman–Crippen LogP) is 2.76. The van der Waals surface area contributed by atoms with Crippen molar-refractivity contribution < 1.29 is 14.0 Å². The number of hydrogen-bond acceptors (Lipinski definition) is 4. The quantitative estimate of drug-likeness (QED) is 0.871. The maximum absolute atomic E-state index is 12.2. The number of hydrogen-bond donors (Lipinski definition) is 1. The molecule has 1 aliphatic rings. The van der Waals surface area contributed by atoms with Crippen LogP contribution in [-0.2, 0) is 16.0 Å². The molecule has 0 spiro atoms. The highest BCUT2D eigenvalue weighted by Gasteiger charge is 2.27. The van der Waals surface area contributed by atoms with Gasteiger partial charge in [0.1, 0.15) is 5.76 Å². The van der Waals surface area contributed by atoms with Gasteiger partial charge in [0.25, 0.3) is 0 Å². The predicted molar refractivity (Wildman–Crippen MR) is 98.0 cm³/mol. The van der Waals surface area contributed by atoms with E-state index in [4.69, 9.17) is 16.0 Å². The molecule has 1 aromatic heterocycles. The molecule has 0 saturated carbocycles. The fourth-order valence-corrected chi connectivity index (χ4v) is 3.24. The summed E-state index contributed by atoms with van der Waals surface area (Å²) in [5, 5.41) is 3.26. The van der Waals surface area contributed by atoms with Gasteiger partial charge in [-0.25, -0.2) is 4.98 Å². The molecule has 1 atom stereocenters. The molecule has 6 nitrogen and oxygen atoms in total. The SMILES string of the molecule is CC(=O)NCC(=O)N1CCCC(c2ncc(Cc3ccc(Cl)cc3)o2)C1. The summed E-state index contributed by atoms with van der Waals surface area (Å²) in [5.74, 6) is 1.28. The summed E-state index contributed by atoms with van der Waals surface area (Å²) in [7, 11) is 0. The van der Waals surface area contributed by atoms with Crippen molar-refractivity contribution in [2.24, 2.45) is 0 Å².